The zero-order valence-corrected chi connectivity index (χ0v) is 23.9. The molecule has 47 heavy (non-hydrogen) atoms. The van der Waals surface area contributed by atoms with Gasteiger partial charge in [-0.1, -0.05) is 145 Å². The molecule has 9 aromatic carbocycles. The van der Waals surface area contributed by atoms with Gasteiger partial charge in [-0.3, -0.25) is 0 Å². The number of hydrogen-bond donors (Lipinski definition) is 0. The second-order valence-corrected chi connectivity index (χ2v) is 10.8. The van der Waals surface area contributed by atoms with Crippen LogP contribution in [0.3, 0.4) is 0 Å². The van der Waals surface area contributed by atoms with Gasteiger partial charge in [-0.15, -0.1) is 0 Å². The summed E-state index contributed by atoms with van der Waals surface area (Å²) in [4.78, 5) is 0. The lowest BCUT2D eigenvalue weighted by Crippen LogP contribution is -1.91. The predicted molar refractivity (Wildman–Crippen MR) is 200 cm³/mol. The molecule has 0 aliphatic heterocycles. The van der Waals surface area contributed by atoms with Gasteiger partial charge in [0.2, 0.25) is 0 Å². The van der Waals surface area contributed by atoms with Gasteiger partial charge in [0.1, 0.15) is 11.2 Å². The molecule has 0 bridgehead atoms. The summed E-state index contributed by atoms with van der Waals surface area (Å²) in [5, 5.41) is -1.88. The number of rotatable bonds is 3. The van der Waals surface area contributed by atoms with E-state index < -0.39 is 182 Å². The third kappa shape index (κ3) is 3.97. The lowest BCUT2D eigenvalue weighted by Gasteiger charge is -2.18. The zero-order valence-electron chi connectivity index (χ0n) is 44.9. The van der Waals surface area contributed by atoms with Gasteiger partial charge in [0, 0.05) is 10.8 Å². The summed E-state index contributed by atoms with van der Waals surface area (Å²) in [5.41, 5.74) is -3.02. The van der Waals surface area contributed by atoms with E-state index in [1.807, 2.05) is 0 Å². The highest BCUT2D eigenvalue weighted by Crippen LogP contribution is 2.46. The van der Waals surface area contributed by atoms with Gasteiger partial charge in [-0.05, 0) is 101 Å². The first-order chi connectivity index (χ1) is 32.1. The molecule has 0 radical (unpaired) electrons. The van der Waals surface area contributed by atoms with Crippen molar-refractivity contribution in [2.24, 2.45) is 0 Å². The van der Waals surface area contributed by atoms with Crippen molar-refractivity contribution < 1.29 is 33.2 Å². The van der Waals surface area contributed by atoms with Crippen LogP contribution in [0.15, 0.2) is 174 Å². The minimum absolute atomic E-state index is 0.00249. The van der Waals surface area contributed by atoms with Gasteiger partial charge < -0.3 is 4.42 Å². The first-order valence-electron chi connectivity index (χ1n) is 25.0. The van der Waals surface area contributed by atoms with E-state index >= 15 is 0 Å². The molecule has 1 heterocycles. The van der Waals surface area contributed by atoms with Crippen molar-refractivity contribution >= 4 is 65.0 Å². The molecule has 0 fully saturated rings. The van der Waals surface area contributed by atoms with Crippen LogP contribution in [0.4, 0.5) is 0 Å². The third-order valence-corrected chi connectivity index (χ3v) is 8.26. The van der Waals surface area contributed by atoms with Crippen molar-refractivity contribution in [3.63, 3.8) is 0 Å². The molecule has 0 aliphatic rings. The molecule has 0 spiro atoms. The first-order valence-corrected chi connectivity index (χ1v) is 14.5. The fourth-order valence-corrected chi connectivity index (χ4v) is 6.23. The van der Waals surface area contributed by atoms with Crippen molar-refractivity contribution in [1.82, 2.24) is 0 Å². The van der Waals surface area contributed by atoms with Gasteiger partial charge in [0.15, 0.2) is 0 Å². The van der Waals surface area contributed by atoms with Crippen LogP contribution in [0.2, 0.25) is 0 Å². The molecule has 0 N–H and O–H groups in total. The normalized spacial score (nSPS) is 18.1. The summed E-state index contributed by atoms with van der Waals surface area (Å²) in [7, 11) is 0. The Kier molecular flexibility index (Phi) is 2.79. The lowest BCUT2D eigenvalue weighted by atomic mass is 9.84. The molecule has 1 heteroatoms. The monoisotopic (exact) mass is 617 g/mol. The Labute approximate surface area is 301 Å². The summed E-state index contributed by atoms with van der Waals surface area (Å²) in [6.45, 7) is 0. The maximum atomic E-state index is 9.94. The summed E-state index contributed by atoms with van der Waals surface area (Å²) in [6.07, 6.45) is 0. The van der Waals surface area contributed by atoms with Crippen LogP contribution < -0.4 is 0 Å². The smallest absolute Gasteiger partial charge is 0.135 e. The van der Waals surface area contributed by atoms with Gasteiger partial charge >= 0.3 is 0 Å². The van der Waals surface area contributed by atoms with Crippen LogP contribution in [0.1, 0.15) is 28.8 Å². The summed E-state index contributed by atoms with van der Waals surface area (Å²) in [6, 6.07) is -3.65. The molecule has 1 nitrogen and oxygen atoms in total. The van der Waals surface area contributed by atoms with Gasteiger partial charge in [-0.25, -0.2) is 0 Å². The van der Waals surface area contributed by atoms with Crippen LogP contribution in [0.25, 0.3) is 98.4 Å². The number of hydrogen-bond acceptors (Lipinski definition) is 1. The molecule has 0 amide bonds. The van der Waals surface area contributed by atoms with Crippen LogP contribution in [0.5, 0.6) is 0 Å². The Balaban J connectivity index is 1.46. The average Bonchev–Trinajstić information content (AvgIpc) is 3.74. The highest BCUT2D eigenvalue weighted by molar-refractivity contribution is 6.24. The molecule has 0 saturated heterocycles. The van der Waals surface area contributed by atoms with E-state index in [1.54, 1.807) is 42.5 Å². The maximum absolute atomic E-state index is 9.94. The Morgan fingerprint density at radius 1 is 0.362 bits per heavy atom. The van der Waals surface area contributed by atoms with E-state index in [1.165, 1.54) is 0 Å². The fraction of sp³-hybridized carbons (Fsp3) is 0. The molecule has 1 aromatic heterocycles. The molecule has 0 unspecified atom stereocenters. The predicted octanol–water partition coefficient (Wildman–Crippen LogP) is 13.2. The van der Waals surface area contributed by atoms with Crippen molar-refractivity contribution in [2.45, 2.75) is 0 Å². The first kappa shape index (κ1) is 12.9. The Hall–Kier alpha value is -6.18. The highest BCUT2D eigenvalue weighted by Gasteiger charge is 2.19. The maximum Gasteiger partial charge on any atom is 0.135 e. The van der Waals surface area contributed by atoms with Crippen LogP contribution >= 0.6 is 0 Å². The number of fused-ring (bicyclic) bond motifs is 7. The minimum Gasteiger partial charge on any atom is -0.456 e. The zero-order chi connectivity index (χ0) is 49.2. The highest BCUT2D eigenvalue weighted by atomic mass is 16.3. The lowest BCUT2D eigenvalue weighted by molar-refractivity contribution is 0.669. The molecule has 0 saturated carbocycles. The molecular formula is C46H28O. The number of furan rings is 1. The average molecular weight is 618 g/mol. The second kappa shape index (κ2) is 10.2. The van der Waals surface area contributed by atoms with Gasteiger partial charge in [-0.2, -0.15) is 0 Å². The minimum atomic E-state index is -0.824. The Morgan fingerprint density at radius 2 is 0.936 bits per heavy atom. The van der Waals surface area contributed by atoms with E-state index in [2.05, 4.69) is 0 Å². The van der Waals surface area contributed by atoms with Crippen LogP contribution in [-0.2, 0) is 0 Å². The largest absolute Gasteiger partial charge is 0.456 e. The molecular weight excluding hydrogens is 569 g/mol. The SMILES string of the molecule is [2H]c1c(-c2c([2H])c([2H])c([2H])c3c([2H])c([2H])c([2H])c([2H])c23)c([2H])c2c(oc3c([2H])c([2H])c(-c4c5c([2H])c([2H])c([2H])c([2H])c5c(-c5cccc6ccccc56)c5c([2H])c([2H])c([2H])c([2H])c45)c([2H])c32)c1[2H]. The van der Waals surface area contributed by atoms with Gasteiger partial charge in [0.05, 0.1) is 28.8 Å². The van der Waals surface area contributed by atoms with Crippen molar-refractivity contribution in [3.05, 3.63) is 169 Å². The third-order valence-electron chi connectivity index (χ3n) is 8.26. The van der Waals surface area contributed by atoms with E-state index in [0.29, 0.717) is 16.3 Å². The van der Waals surface area contributed by atoms with Crippen LogP contribution in [0, 0.1) is 0 Å². The molecule has 10 aromatic rings. The Bertz CT molecular complexity index is 3950. The molecule has 0 atom stereocenters. The molecule has 0 aliphatic carbocycles. The van der Waals surface area contributed by atoms with Crippen LogP contribution in [-0.4, -0.2) is 0 Å². The number of benzene rings is 9. The van der Waals surface area contributed by atoms with Crippen molar-refractivity contribution in [3.8, 4) is 33.4 Å². The standard InChI is InChI=1S/C46H28O/c1-3-15-33-29(11-1)13-9-21-35(33)31-23-25-43-41(27-31)42-28-32(24-26-44(42)47-43)45-37-17-5-7-19-39(37)46(40-20-8-6-18-38(40)45)36-22-10-14-30-12-2-4-16-34(30)36/h1-28H/i1D,3D,5D,6D,7D,8D,9D,11D,13D,15D,17D,18D,19D,20D,21D,23D,24D,25D,26D,27D,28D. The van der Waals surface area contributed by atoms with Gasteiger partial charge in [0.25, 0.3) is 0 Å². The van der Waals surface area contributed by atoms with E-state index in [0.717, 1.165) is 0 Å². The Morgan fingerprint density at radius 3 is 1.68 bits per heavy atom. The molecule has 10 rings (SSSR count). The van der Waals surface area contributed by atoms with Crippen molar-refractivity contribution in [1.29, 1.82) is 0 Å². The summed E-state index contributed by atoms with van der Waals surface area (Å²) in [5.74, 6) is 0. The second-order valence-electron chi connectivity index (χ2n) is 10.8. The van der Waals surface area contributed by atoms with Crippen molar-refractivity contribution in [2.75, 3.05) is 0 Å². The fourth-order valence-electron chi connectivity index (χ4n) is 6.23. The summed E-state index contributed by atoms with van der Waals surface area (Å²) < 4.78 is 196. The topological polar surface area (TPSA) is 13.1 Å². The quantitative estimate of drug-likeness (QED) is 0.180. The van der Waals surface area contributed by atoms with E-state index in [-0.39, 0.29) is 27.1 Å². The summed E-state index contributed by atoms with van der Waals surface area (Å²) >= 11 is 0. The van der Waals surface area contributed by atoms with E-state index in [4.69, 9.17) is 22.2 Å². The van der Waals surface area contributed by atoms with E-state index in [9.17, 15) is 11.0 Å². The molecule has 218 valence electrons.